The Kier molecular flexibility index (Phi) is 5.21. The van der Waals surface area contributed by atoms with Crippen molar-refractivity contribution in [3.8, 4) is 6.07 Å². The van der Waals surface area contributed by atoms with Crippen molar-refractivity contribution in [3.05, 3.63) is 23.5 Å². The zero-order valence-electron chi connectivity index (χ0n) is 12.1. The smallest absolute Gasteiger partial charge is 0.313 e. The molecule has 0 aliphatic carbocycles. The van der Waals surface area contributed by atoms with Crippen molar-refractivity contribution in [2.75, 3.05) is 12.4 Å². The maximum atomic E-state index is 11.9. The zero-order valence-corrected chi connectivity index (χ0v) is 12.1. The predicted octanol–water partition coefficient (Wildman–Crippen LogP) is 1.40. The van der Waals surface area contributed by atoms with Crippen LogP contribution in [0.5, 0.6) is 0 Å². The Morgan fingerprint density at radius 3 is 2.65 bits per heavy atom. The molecule has 1 N–H and O–H groups in total. The lowest BCUT2D eigenvalue weighted by Crippen LogP contribution is -2.42. The van der Waals surface area contributed by atoms with Crippen LogP contribution in [0.15, 0.2) is 12.1 Å². The number of carbonyl (C=O) groups is 2. The number of nitriles is 1. The number of amides is 2. The maximum Gasteiger partial charge on any atom is 0.313 e. The van der Waals surface area contributed by atoms with E-state index in [4.69, 9.17) is 5.26 Å². The quantitative estimate of drug-likeness (QED) is 0.844. The van der Waals surface area contributed by atoms with Gasteiger partial charge in [0.05, 0.1) is 23.9 Å². The van der Waals surface area contributed by atoms with E-state index in [1.165, 1.54) is 11.9 Å². The summed E-state index contributed by atoms with van der Waals surface area (Å²) in [6.45, 7) is 5.32. The second-order valence-electron chi connectivity index (χ2n) is 4.67. The monoisotopic (exact) mass is 274 g/mol. The van der Waals surface area contributed by atoms with E-state index in [9.17, 15) is 9.59 Å². The normalized spacial score (nSPS) is 11.3. The largest absolute Gasteiger partial charge is 0.334 e. The summed E-state index contributed by atoms with van der Waals surface area (Å²) in [6.07, 6.45) is 0.181. The van der Waals surface area contributed by atoms with E-state index in [1.807, 2.05) is 13.0 Å². The van der Waals surface area contributed by atoms with Crippen LogP contribution in [0.2, 0.25) is 0 Å². The summed E-state index contributed by atoms with van der Waals surface area (Å²) >= 11 is 0. The van der Waals surface area contributed by atoms with Gasteiger partial charge in [0.2, 0.25) is 0 Å². The minimum absolute atomic E-state index is 0.181. The van der Waals surface area contributed by atoms with Crippen molar-refractivity contribution in [2.45, 2.75) is 33.2 Å². The molecular weight excluding hydrogens is 256 g/mol. The molecule has 6 heteroatoms. The lowest BCUT2D eigenvalue weighted by Gasteiger charge is -2.22. The van der Waals surface area contributed by atoms with Crippen LogP contribution in [-0.2, 0) is 9.59 Å². The van der Waals surface area contributed by atoms with Gasteiger partial charge in [-0.2, -0.15) is 5.26 Å². The van der Waals surface area contributed by atoms with Gasteiger partial charge < -0.3 is 10.2 Å². The standard InChI is InChI=1S/C14H18N4O2/c1-9-5-6-12(11(3)16-9)17-13(19)14(20)18(4)10(2)7-8-15/h5-6,10H,7H2,1-4H3,(H,17,19)/t10-/m0/s1. The number of carbonyl (C=O) groups excluding carboxylic acids is 2. The van der Waals surface area contributed by atoms with E-state index in [2.05, 4.69) is 10.3 Å². The molecular formula is C14H18N4O2. The van der Waals surface area contributed by atoms with E-state index < -0.39 is 11.8 Å². The minimum Gasteiger partial charge on any atom is -0.334 e. The van der Waals surface area contributed by atoms with Crippen LogP contribution in [0.1, 0.15) is 24.7 Å². The summed E-state index contributed by atoms with van der Waals surface area (Å²) in [6, 6.07) is 5.13. The SMILES string of the molecule is Cc1ccc(NC(=O)C(=O)N(C)[C@@H](C)CC#N)c(C)n1. The molecule has 0 spiro atoms. The highest BCUT2D eigenvalue weighted by Crippen LogP contribution is 2.13. The molecule has 1 heterocycles. The first-order chi connectivity index (χ1) is 9.36. The van der Waals surface area contributed by atoms with Crippen LogP contribution >= 0.6 is 0 Å². The van der Waals surface area contributed by atoms with E-state index in [0.717, 1.165) is 5.69 Å². The summed E-state index contributed by atoms with van der Waals surface area (Å²) in [5.41, 5.74) is 2.00. The maximum absolute atomic E-state index is 11.9. The van der Waals surface area contributed by atoms with Crippen LogP contribution < -0.4 is 5.32 Å². The van der Waals surface area contributed by atoms with Gasteiger partial charge >= 0.3 is 11.8 Å². The van der Waals surface area contributed by atoms with E-state index >= 15 is 0 Å². The van der Waals surface area contributed by atoms with Crippen molar-refractivity contribution in [1.82, 2.24) is 9.88 Å². The molecule has 0 saturated carbocycles. The molecule has 0 fully saturated rings. The molecule has 6 nitrogen and oxygen atoms in total. The third-order valence-electron chi connectivity index (χ3n) is 3.04. The number of rotatable bonds is 3. The Balaban J connectivity index is 2.76. The van der Waals surface area contributed by atoms with E-state index in [-0.39, 0.29) is 12.5 Å². The van der Waals surface area contributed by atoms with Gasteiger partial charge in [0.1, 0.15) is 0 Å². The van der Waals surface area contributed by atoms with Crippen molar-refractivity contribution in [3.63, 3.8) is 0 Å². The highest BCUT2D eigenvalue weighted by Gasteiger charge is 2.23. The molecule has 0 unspecified atom stereocenters. The molecule has 0 aliphatic heterocycles. The number of hydrogen-bond acceptors (Lipinski definition) is 4. The van der Waals surface area contributed by atoms with Gasteiger partial charge in [0, 0.05) is 18.8 Å². The molecule has 0 aromatic carbocycles. The van der Waals surface area contributed by atoms with Crippen molar-refractivity contribution in [2.24, 2.45) is 0 Å². The van der Waals surface area contributed by atoms with Crippen molar-refractivity contribution < 1.29 is 9.59 Å². The molecule has 1 atom stereocenters. The number of nitrogens with zero attached hydrogens (tertiary/aromatic N) is 3. The van der Waals surface area contributed by atoms with Crippen molar-refractivity contribution >= 4 is 17.5 Å². The summed E-state index contributed by atoms with van der Waals surface area (Å²) in [5.74, 6) is -1.40. The second-order valence-corrected chi connectivity index (χ2v) is 4.67. The molecule has 0 radical (unpaired) electrons. The minimum atomic E-state index is -0.731. The van der Waals surface area contributed by atoms with Crippen LogP contribution in [0.4, 0.5) is 5.69 Å². The van der Waals surface area contributed by atoms with E-state index in [1.54, 1.807) is 26.0 Å². The lowest BCUT2D eigenvalue weighted by molar-refractivity contribution is -0.143. The number of anilines is 1. The topological polar surface area (TPSA) is 86.1 Å². The van der Waals surface area contributed by atoms with Gasteiger partial charge in [-0.05, 0) is 32.9 Å². The second kappa shape index (κ2) is 6.66. The molecule has 0 bridgehead atoms. The van der Waals surface area contributed by atoms with Crippen LogP contribution in [0.25, 0.3) is 0 Å². The lowest BCUT2D eigenvalue weighted by atomic mass is 10.2. The number of aromatic nitrogens is 1. The highest BCUT2D eigenvalue weighted by molar-refractivity contribution is 6.39. The molecule has 0 saturated heterocycles. The number of aryl methyl sites for hydroxylation is 2. The Bertz CT molecular complexity index is 563. The predicted molar refractivity (Wildman–Crippen MR) is 74.8 cm³/mol. The van der Waals surface area contributed by atoms with Gasteiger partial charge in [-0.15, -0.1) is 0 Å². The van der Waals surface area contributed by atoms with Crippen LogP contribution in [0, 0.1) is 25.2 Å². The first-order valence-electron chi connectivity index (χ1n) is 6.26. The number of likely N-dealkylation sites (N-methyl/N-ethyl adjacent to an activating group) is 1. The Labute approximate surface area is 118 Å². The summed E-state index contributed by atoms with van der Waals surface area (Å²) in [4.78, 5) is 29.3. The fourth-order valence-electron chi connectivity index (χ4n) is 1.62. The summed E-state index contributed by atoms with van der Waals surface area (Å²) in [5, 5.41) is 11.1. The average Bonchev–Trinajstić information content (AvgIpc) is 2.40. The first kappa shape index (κ1) is 15.6. The molecule has 1 rings (SSSR count). The Hall–Kier alpha value is -2.42. The molecule has 0 aliphatic rings. The van der Waals surface area contributed by atoms with Crippen LogP contribution in [-0.4, -0.2) is 34.8 Å². The Morgan fingerprint density at radius 2 is 2.10 bits per heavy atom. The van der Waals surface area contributed by atoms with Crippen molar-refractivity contribution in [1.29, 1.82) is 5.26 Å². The average molecular weight is 274 g/mol. The third kappa shape index (κ3) is 3.79. The Morgan fingerprint density at radius 1 is 1.45 bits per heavy atom. The molecule has 106 valence electrons. The highest BCUT2D eigenvalue weighted by atomic mass is 16.2. The van der Waals surface area contributed by atoms with Crippen LogP contribution in [0.3, 0.4) is 0 Å². The molecule has 1 aromatic heterocycles. The number of nitrogens with one attached hydrogen (secondary N) is 1. The number of pyridine rings is 1. The summed E-state index contributed by atoms with van der Waals surface area (Å²) in [7, 11) is 1.50. The fraction of sp³-hybridized carbons (Fsp3) is 0.429. The van der Waals surface area contributed by atoms with Gasteiger partial charge in [0.25, 0.3) is 0 Å². The van der Waals surface area contributed by atoms with Gasteiger partial charge in [-0.25, -0.2) is 0 Å². The third-order valence-corrected chi connectivity index (χ3v) is 3.04. The first-order valence-corrected chi connectivity index (χ1v) is 6.26. The molecule has 20 heavy (non-hydrogen) atoms. The van der Waals surface area contributed by atoms with Gasteiger partial charge in [-0.3, -0.25) is 14.6 Å². The molecule has 2 amide bonds. The molecule has 1 aromatic rings. The van der Waals surface area contributed by atoms with Gasteiger partial charge in [-0.1, -0.05) is 0 Å². The summed E-state index contributed by atoms with van der Waals surface area (Å²) < 4.78 is 0. The van der Waals surface area contributed by atoms with E-state index in [0.29, 0.717) is 11.4 Å². The fourth-order valence-corrected chi connectivity index (χ4v) is 1.62. The zero-order chi connectivity index (χ0) is 15.3. The number of hydrogen-bond donors (Lipinski definition) is 1. The van der Waals surface area contributed by atoms with Gasteiger partial charge in [0.15, 0.2) is 0 Å².